The fourth-order valence-corrected chi connectivity index (χ4v) is 2.99. The van der Waals surface area contributed by atoms with Gasteiger partial charge >= 0.3 is 5.97 Å². The van der Waals surface area contributed by atoms with E-state index in [1.165, 1.54) is 6.92 Å². The van der Waals surface area contributed by atoms with Gasteiger partial charge < -0.3 is 19.1 Å². The van der Waals surface area contributed by atoms with Gasteiger partial charge in [-0.25, -0.2) is 4.99 Å². The minimum Gasteiger partial charge on any atom is -0.492 e. The van der Waals surface area contributed by atoms with Crippen LogP contribution in [0.3, 0.4) is 0 Å². The zero-order valence-corrected chi connectivity index (χ0v) is 15.2. The number of ether oxygens (including phenoxy) is 3. The van der Waals surface area contributed by atoms with Crippen molar-refractivity contribution in [2.75, 3.05) is 20.3 Å². The maximum Gasteiger partial charge on any atom is 0.302 e. The maximum atomic E-state index is 11.9. The Kier molecular flexibility index (Phi) is 5.29. The topological polar surface area (TPSA) is 89.5 Å². The molecule has 1 aromatic rings. The van der Waals surface area contributed by atoms with Crippen LogP contribution >= 0.6 is 0 Å². The van der Waals surface area contributed by atoms with E-state index in [0.29, 0.717) is 37.2 Å². The van der Waals surface area contributed by atoms with Crippen molar-refractivity contribution in [3.8, 4) is 11.5 Å². The van der Waals surface area contributed by atoms with Gasteiger partial charge in [0.05, 0.1) is 32.6 Å². The lowest BCUT2D eigenvalue weighted by molar-refractivity contribution is -0.141. The number of fused-ring (bicyclic) bond motifs is 2. The minimum absolute atomic E-state index is 0.0558. The first-order chi connectivity index (χ1) is 12.5. The SMILES string of the molecule is COc1c(OCCCCOC(C)=O)ccc2c1CN1C(=N2)NC(=O)C1C. The zero-order chi connectivity index (χ0) is 18.7. The number of hydrogen-bond donors (Lipinski definition) is 1. The smallest absolute Gasteiger partial charge is 0.302 e. The van der Waals surface area contributed by atoms with E-state index in [2.05, 4.69) is 10.3 Å². The first-order valence-corrected chi connectivity index (χ1v) is 8.63. The number of nitrogens with one attached hydrogen (secondary N) is 1. The van der Waals surface area contributed by atoms with Crippen molar-refractivity contribution < 1.29 is 23.8 Å². The summed E-state index contributed by atoms with van der Waals surface area (Å²) >= 11 is 0. The molecule has 8 nitrogen and oxygen atoms in total. The monoisotopic (exact) mass is 361 g/mol. The molecular formula is C18H23N3O5. The van der Waals surface area contributed by atoms with Crippen LogP contribution < -0.4 is 14.8 Å². The molecule has 1 unspecified atom stereocenters. The molecule has 2 aliphatic heterocycles. The van der Waals surface area contributed by atoms with Crippen LogP contribution in [0.2, 0.25) is 0 Å². The van der Waals surface area contributed by atoms with Crippen LogP contribution in [0.15, 0.2) is 17.1 Å². The lowest BCUT2D eigenvalue weighted by Crippen LogP contribution is -2.35. The summed E-state index contributed by atoms with van der Waals surface area (Å²) in [5.74, 6) is 1.53. The molecule has 26 heavy (non-hydrogen) atoms. The van der Waals surface area contributed by atoms with Crippen LogP contribution in [0.25, 0.3) is 0 Å². The first kappa shape index (κ1) is 18.0. The summed E-state index contributed by atoms with van der Waals surface area (Å²) < 4.78 is 16.3. The maximum absolute atomic E-state index is 11.9. The number of guanidine groups is 1. The quantitative estimate of drug-likeness (QED) is 0.588. The highest BCUT2D eigenvalue weighted by Crippen LogP contribution is 2.41. The van der Waals surface area contributed by atoms with Crippen molar-refractivity contribution in [3.05, 3.63) is 17.7 Å². The predicted octanol–water partition coefficient (Wildman–Crippen LogP) is 1.74. The molecule has 1 amide bonds. The Balaban J connectivity index is 1.68. The number of carbonyl (C=O) groups is 2. The Morgan fingerprint density at radius 2 is 2.12 bits per heavy atom. The molecule has 1 atom stereocenters. The highest BCUT2D eigenvalue weighted by molar-refractivity contribution is 6.07. The second-order valence-corrected chi connectivity index (χ2v) is 6.22. The fraction of sp³-hybridized carbons (Fsp3) is 0.500. The molecule has 0 bridgehead atoms. The average Bonchev–Trinajstić information content (AvgIpc) is 2.89. The van der Waals surface area contributed by atoms with Crippen LogP contribution in [0.4, 0.5) is 5.69 Å². The second kappa shape index (κ2) is 7.63. The molecular weight excluding hydrogens is 338 g/mol. The molecule has 0 aliphatic carbocycles. The number of benzene rings is 1. The van der Waals surface area contributed by atoms with Gasteiger partial charge in [0.25, 0.3) is 0 Å². The van der Waals surface area contributed by atoms with Gasteiger partial charge in [-0.15, -0.1) is 0 Å². The van der Waals surface area contributed by atoms with Gasteiger partial charge in [-0.1, -0.05) is 0 Å². The Bertz CT molecular complexity index is 747. The number of methoxy groups -OCH3 is 1. The van der Waals surface area contributed by atoms with Gasteiger partial charge in [0, 0.05) is 12.5 Å². The molecule has 1 N–H and O–H groups in total. The van der Waals surface area contributed by atoms with E-state index in [4.69, 9.17) is 14.2 Å². The van der Waals surface area contributed by atoms with Crippen LogP contribution in [-0.4, -0.2) is 49.1 Å². The van der Waals surface area contributed by atoms with E-state index in [1.54, 1.807) is 7.11 Å². The molecule has 140 valence electrons. The molecule has 0 saturated carbocycles. The number of esters is 1. The number of amides is 1. The third-order valence-corrected chi connectivity index (χ3v) is 4.41. The zero-order valence-electron chi connectivity index (χ0n) is 15.2. The number of aliphatic imine (C=N–C) groups is 1. The summed E-state index contributed by atoms with van der Waals surface area (Å²) in [5, 5.41) is 2.79. The minimum atomic E-state index is -0.272. The number of nitrogens with zero attached hydrogens (tertiary/aromatic N) is 2. The summed E-state index contributed by atoms with van der Waals surface area (Å²) in [4.78, 5) is 29.0. The van der Waals surface area contributed by atoms with Crippen molar-refractivity contribution in [3.63, 3.8) is 0 Å². The molecule has 3 rings (SSSR count). The van der Waals surface area contributed by atoms with Crippen molar-refractivity contribution in [2.24, 2.45) is 4.99 Å². The van der Waals surface area contributed by atoms with Crippen LogP contribution in [-0.2, 0) is 20.9 Å². The van der Waals surface area contributed by atoms with Crippen molar-refractivity contribution >= 4 is 23.5 Å². The van der Waals surface area contributed by atoms with Gasteiger partial charge in [-0.05, 0) is 31.9 Å². The molecule has 2 aliphatic rings. The Labute approximate surface area is 152 Å². The molecule has 1 aromatic carbocycles. The molecule has 8 heteroatoms. The summed E-state index contributed by atoms with van der Waals surface area (Å²) in [6.07, 6.45) is 1.50. The lowest BCUT2D eigenvalue weighted by Gasteiger charge is -2.28. The molecule has 2 heterocycles. The van der Waals surface area contributed by atoms with E-state index in [0.717, 1.165) is 24.1 Å². The Morgan fingerprint density at radius 3 is 2.85 bits per heavy atom. The fourth-order valence-electron chi connectivity index (χ4n) is 2.99. The Hall–Kier alpha value is -2.77. The highest BCUT2D eigenvalue weighted by atomic mass is 16.5. The summed E-state index contributed by atoms with van der Waals surface area (Å²) in [5.41, 5.74) is 1.67. The van der Waals surface area contributed by atoms with Gasteiger partial charge in [0.2, 0.25) is 11.9 Å². The second-order valence-electron chi connectivity index (χ2n) is 6.22. The van der Waals surface area contributed by atoms with Crippen molar-refractivity contribution in [1.82, 2.24) is 10.2 Å². The Morgan fingerprint density at radius 1 is 1.35 bits per heavy atom. The van der Waals surface area contributed by atoms with E-state index < -0.39 is 0 Å². The van der Waals surface area contributed by atoms with Crippen molar-refractivity contribution in [1.29, 1.82) is 0 Å². The number of rotatable bonds is 7. The van der Waals surface area contributed by atoms with Crippen LogP contribution in [0.5, 0.6) is 11.5 Å². The number of carbonyl (C=O) groups excluding carboxylic acids is 2. The average molecular weight is 361 g/mol. The summed E-state index contributed by atoms with van der Waals surface area (Å²) in [6, 6.07) is 3.42. The highest BCUT2D eigenvalue weighted by Gasteiger charge is 2.37. The van der Waals surface area contributed by atoms with E-state index in [9.17, 15) is 9.59 Å². The largest absolute Gasteiger partial charge is 0.492 e. The first-order valence-electron chi connectivity index (χ1n) is 8.63. The molecule has 0 radical (unpaired) electrons. The third kappa shape index (κ3) is 3.58. The van der Waals surface area contributed by atoms with Gasteiger partial charge in [0.1, 0.15) is 6.04 Å². The number of unbranched alkanes of at least 4 members (excludes halogenated alkanes) is 1. The standard InChI is InChI=1S/C18H23N3O5/c1-11-17(23)20-18-19-14-6-7-15(16(24-3)13(14)10-21(11)18)26-9-5-4-8-25-12(2)22/h6-7,11H,4-5,8-10H2,1-3H3,(H,19,20,23). The van der Waals surface area contributed by atoms with E-state index in [-0.39, 0.29) is 17.9 Å². The van der Waals surface area contributed by atoms with Crippen LogP contribution in [0, 0.1) is 0 Å². The normalized spacial score (nSPS) is 17.8. The van der Waals surface area contributed by atoms with E-state index >= 15 is 0 Å². The molecule has 1 fully saturated rings. The summed E-state index contributed by atoms with van der Waals surface area (Å²) in [7, 11) is 1.60. The number of hydrogen-bond acceptors (Lipinski definition) is 7. The van der Waals surface area contributed by atoms with Gasteiger partial charge in [-0.3, -0.25) is 14.9 Å². The van der Waals surface area contributed by atoms with Gasteiger partial charge in [-0.2, -0.15) is 0 Å². The van der Waals surface area contributed by atoms with E-state index in [1.807, 2.05) is 24.0 Å². The molecule has 1 saturated heterocycles. The van der Waals surface area contributed by atoms with Gasteiger partial charge in [0.15, 0.2) is 11.5 Å². The predicted molar refractivity (Wildman–Crippen MR) is 94.6 cm³/mol. The lowest BCUT2D eigenvalue weighted by atomic mass is 10.1. The van der Waals surface area contributed by atoms with Crippen molar-refractivity contribution in [2.45, 2.75) is 39.3 Å². The van der Waals surface area contributed by atoms with Crippen LogP contribution in [0.1, 0.15) is 32.3 Å². The molecule has 0 spiro atoms. The molecule has 0 aromatic heterocycles. The third-order valence-electron chi connectivity index (χ3n) is 4.41. The summed E-state index contributed by atoms with van der Waals surface area (Å²) in [6.45, 7) is 4.66.